The van der Waals surface area contributed by atoms with Crippen LogP contribution in [0.3, 0.4) is 0 Å². The van der Waals surface area contributed by atoms with Gasteiger partial charge in [0.05, 0.1) is 17.0 Å². The molecular formula is C24H19F3N4O5S. The Hall–Kier alpha value is -4.26. The van der Waals surface area contributed by atoms with Crippen molar-refractivity contribution in [2.45, 2.75) is 23.0 Å². The molecule has 4 amide bonds. The number of alkyl halides is 3. The predicted octanol–water partition coefficient (Wildman–Crippen LogP) is 3.20. The first-order valence-electron chi connectivity index (χ1n) is 10.8. The first kappa shape index (κ1) is 25.8. The number of anilines is 1. The van der Waals surface area contributed by atoms with Crippen LogP contribution in [-0.2, 0) is 25.8 Å². The lowest BCUT2D eigenvalue weighted by atomic mass is 10.1. The molecule has 1 unspecified atom stereocenters. The fourth-order valence-electron chi connectivity index (χ4n) is 3.76. The summed E-state index contributed by atoms with van der Waals surface area (Å²) in [6.07, 6.45) is 1.86. The van der Waals surface area contributed by atoms with Crippen LogP contribution in [0.25, 0.3) is 0 Å². The van der Waals surface area contributed by atoms with Gasteiger partial charge in [-0.25, -0.2) is 18.1 Å². The third-order valence-electron chi connectivity index (χ3n) is 5.54. The molecule has 1 aliphatic rings. The summed E-state index contributed by atoms with van der Waals surface area (Å²) in [5, 5.41) is 2.75. The molecule has 1 fully saturated rings. The van der Waals surface area contributed by atoms with Crippen LogP contribution in [0.1, 0.15) is 17.3 Å². The molecular weight excluding hydrogens is 513 g/mol. The molecule has 1 saturated heterocycles. The third-order valence-corrected chi connectivity index (χ3v) is 7.04. The lowest BCUT2D eigenvalue weighted by Crippen LogP contribution is -2.44. The Balaban J connectivity index is 1.59. The summed E-state index contributed by atoms with van der Waals surface area (Å²) in [6.45, 7) is -0.444. The average Bonchev–Trinajstić information content (AvgIpc) is 3.16. The molecule has 2 aromatic carbocycles. The summed E-state index contributed by atoms with van der Waals surface area (Å²) in [5.41, 5.74) is -4.43. The summed E-state index contributed by atoms with van der Waals surface area (Å²) < 4.78 is 61.7. The van der Waals surface area contributed by atoms with Gasteiger partial charge in [0, 0.05) is 12.4 Å². The molecule has 0 spiro atoms. The van der Waals surface area contributed by atoms with E-state index in [1.807, 2.05) is 0 Å². The van der Waals surface area contributed by atoms with E-state index in [0.29, 0.717) is 22.6 Å². The number of urea groups is 1. The normalized spacial score (nSPS) is 15.1. The van der Waals surface area contributed by atoms with E-state index in [-0.39, 0.29) is 12.1 Å². The van der Waals surface area contributed by atoms with Crippen LogP contribution in [-0.4, -0.2) is 48.2 Å². The van der Waals surface area contributed by atoms with Crippen molar-refractivity contribution < 1.29 is 36.0 Å². The van der Waals surface area contributed by atoms with Crippen molar-refractivity contribution in [1.29, 1.82) is 0 Å². The van der Waals surface area contributed by atoms with Gasteiger partial charge in [0.25, 0.3) is 15.7 Å². The third kappa shape index (κ3) is 5.31. The van der Waals surface area contributed by atoms with Gasteiger partial charge in [-0.05, 0) is 47.5 Å². The number of amides is 4. The highest BCUT2D eigenvalue weighted by atomic mass is 32.2. The highest BCUT2D eigenvalue weighted by Crippen LogP contribution is 2.33. The fourth-order valence-corrected chi connectivity index (χ4v) is 4.52. The van der Waals surface area contributed by atoms with Gasteiger partial charge in [-0.15, -0.1) is 0 Å². The number of nitrogens with zero attached hydrogens (tertiary/aromatic N) is 3. The van der Waals surface area contributed by atoms with Crippen LogP contribution in [0.2, 0.25) is 0 Å². The van der Waals surface area contributed by atoms with Crippen LogP contribution in [0.5, 0.6) is 0 Å². The van der Waals surface area contributed by atoms with Crippen LogP contribution < -0.4 is 10.2 Å². The van der Waals surface area contributed by atoms with E-state index in [9.17, 15) is 36.0 Å². The molecule has 1 atom stereocenters. The molecule has 4 rings (SSSR count). The van der Waals surface area contributed by atoms with E-state index in [1.165, 1.54) is 12.4 Å². The summed E-state index contributed by atoms with van der Waals surface area (Å²) in [6, 6.07) is 14.4. The van der Waals surface area contributed by atoms with Gasteiger partial charge in [0.1, 0.15) is 12.7 Å². The fraction of sp³-hybridized carbons (Fsp3) is 0.167. The number of pyridine rings is 1. The number of rotatable bonds is 7. The Morgan fingerprint density at radius 2 is 1.59 bits per heavy atom. The van der Waals surface area contributed by atoms with E-state index < -0.39 is 50.8 Å². The Morgan fingerprint density at radius 1 is 0.973 bits per heavy atom. The number of carbonyl (C=O) groups is 3. The van der Waals surface area contributed by atoms with Gasteiger partial charge in [0.15, 0.2) is 0 Å². The second-order valence-corrected chi connectivity index (χ2v) is 9.94. The van der Waals surface area contributed by atoms with E-state index in [4.69, 9.17) is 0 Å². The maximum Gasteiger partial charge on any atom is 0.501 e. The zero-order valence-corrected chi connectivity index (χ0v) is 19.7. The second-order valence-electron chi connectivity index (χ2n) is 8.00. The summed E-state index contributed by atoms with van der Waals surface area (Å²) >= 11 is 0. The maximum atomic E-state index is 13.3. The van der Waals surface area contributed by atoms with E-state index in [0.717, 1.165) is 22.6 Å². The van der Waals surface area contributed by atoms with Crippen LogP contribution in [0, 0.1) is 0 Å². The van der Waals surface area contributed by atoms with Crippen LogP contribution in [0.4, 0.5) is 23.7 Å². The molecule has 0 aliphatic carbocycles. The number of carbonyl (C=O) groups excluding carboxylic acids is 3. The van der Waals surface area contributed by atoms with E-state index in [1.54, 1.807) is 42.5 Å². The van der Waals surface area contributed by atoms with Crippen molar-refractivity contribution in [3.63, 3.8) is 0 Å². The number of hydrogen-bond acceptors (Lipinski definition) is 6. The monoisotopic (exact) mass is 532 g/mol. The minimum atomic E-state index is -5.60. The van der Waals surface area contributed by atoms with Crippen molar-refractivity contribution in [2.24, 2.45) is 0 Å². The zero-order chi connectivity index (χ0) is 26.8. The number of sulfone groups is 1. The Labute approximate surface area is 209 Å². The second kappa shape index (κ2) is 10.0. The molecule has 1 aromatic heterocycles. The van der Waals surface area contributed by atoms with Crippen molar-refractivity contribution >= 4 is 33.4 Å². The molecule has 9 nitrogen and oxygen atoms in total. The van der Waals surface area contributed by atoms with Crippen molar-refractivity contribution in [3.05, 3.63) is 90.3 Å². The quantitative estimate of drug-likeness (QED) is 0.467. The number of benzene rings is 2. The molecule has 1 N–H and O–H groups in total. The van der Waals surface area contributed by atoms with Crippen molar-refractivity contribution in [2.75, 3.05) is 11.4 Å². The molecule has 3 aromatic rings. The molecule has 0 saturated carbocycles. The summed E-state index contributed by atoms with van der Waals surface area (Å²) in [7, 11) is -5.60. The number of halogens is 3. The van der Waals surface area contributed by atoms with E-state index >= 15 is 0 Å². The van der Waals surface area contributed by atoms with Gasteiger partial charge in [-0.3, -0.25) is 19.5 Å². The molecule has 192 valence electrons. The van der Waals surface area contributed by atoms with Crippen LogP contribution >= 0.6 is 0 Å². The van der Waals surface area contributed by atoms with Crippen molar-refractivity contribution in [3.8, 4) is 0 Å². The largest absolute Gasteiger partial charge is 0.501 e. The lowest BCUT2D eigenvalue weighted by molar-refractivity contribution is -0.123. The number of imide groups is 1. The number of hydrogen-bond donors (Lipinski definition) is 1. The number of nitrogens with one attached hydrogen (secondary N) is 1. The Morgan fingerprint density at radius 3 is 2.19 bits per heavy atom. The zero-order valence-electron chi connectivity index (χ0n) is 18.9. The van der Waals surface area contributed by atoms with Gasteiger partial charge in [0.2, 0.25) is 5.91 Å². The molecule has 0 bridgehead atoms. The van der Waals surface area contributed by atoms with Gasteiger partial charge in [-0.1, -0.05) is 30.3 Å². The number of aromatic nitrogens is 1. The van der Waals surface area contributed by atoms with Gasteiger partial charge >= 0.3 is 11.5 Å². The molecule has 13 heteroatoms. The molecule has 2 heterocycles. The molecule has 1 aliphatic heterocycles. The highest BCUT2D eigenvalue weighted by molar-refractivity contribution is 7.92. The van der Waals surface area contributed by atoms with E-state index in [2.05, 4.69) is 10.3 Å². The Bertz CT molecular complexity index is 1420. The maximum absolute atomic E-state index is 13.3. The standard InChI is InChI=1S/C24H19F3N4O5S/c25-24(26,27)37(35,36)19-8-6-18(7-9-19)31-21(33)15-30(23(31)34)22(17-10-12-28-13-11-17)29-20(32)14-16-4-2-1-3-5-16/h1-13,22H,14-15H2,(H,29,32). The van der Waals surface area contributed by atoms with Gasteiger partial charge in [-0.2, -0.15) is 13.2 Å². The minimum Gasteiger partial charge on any atom is -0.332 e. The smallest absolute Gasteiger partial charge is 0.332 e. The predicted molar refractivity (Wildman–Crippen MR) is 125 cm³/mol. The first-order chi connectivity index (χ1) is 17.5. The summed E-state index contributed by atoms with van der Waals surface area (Å²) in [5.74, 6) is -1.14. The SMILES string of the molecule is O=C(Cc1ccccc1)NC(c1ccncc1)N1CC(=O)N(c2ccc(S(=O)(=O)C(F)(F)F)cc2)C1=O. The van der Waals surface area contributed by atoms with Gasteiger partial charge < -0.3 is 5.32 Å². The Kier molecular flexibility index (Phi) is 6.99. The average molecular weight is 533 g/mol. The topological polar surface area (TPSA) is 117 Å². The molecule has 0 radical (unpaired) electrons. The summed E-state index contributed by atoms with van der Waals surface area (Å²) in [4.78, 5) is 43.6. The lowest BCUT2D eigenvalue weighted by Gasteiger charge is -2.28. The molecule has 37 heavy (non-hydrogen) atoms. The van der Waals surface area contributed by atoms with Crippen molar-refractivity contribution in [1.82, 2.24) is 15.2 Å². The van der Waals surface area contributed by atoms with Crippen LogP contribution in [0.15, 0.2) is 84.0 Å². The minimum absolute atomic E-state index is 0.0112. The highest BCUT2D eigenvalue weighted by Gasteiger charge is 2.47. The first-order valence-corrected chi connectivity index (χ1v) is 12.3.